The number of nitro groups is 1. The van der Waals surface area contributed by atoms with Crippen LogP contribution in [-0.4, -0.2) is 38.9 Å². The molecule has 0 saturated heterocycles. The molecule has 0 spiro atoms. The fraction of sp³-hybridized carbons (Fsp3) is 0.692. The van der Waals surface area contributed by atoms with E-state index < -0.39 is 16.8 Å². The van der Waals surface area contributed by atoms with Crippen molar-refractivity contribution < 1.29 is 14.8 Å². The zero-order chi connectivity index (χ0) is 16.3. The lowest BCUT2D eigenvalue weighted by Gasteiger charge is -2.23. The highest BCUT2D eigenvalue weighted by Gasteiger charge is 2.32. The number of aryl methyl sites for hydroxylation is 1. The Morgan fingerprint density at radius 2 is 2.05 bits per heavy atom. The number of nitrogens with zero attached hydrogens (tertiary/aromatic N) is 4. The van der Waals surface area contributed by atoms with E-state index in [2.05, 4.69) is 5.10 Å². The van der Waals surface area contributed by atoms with Crippen LogP contribution in [0.25, 0.3) is 0 Å². The maximum atomic E-state index is 11.4. The summed E-state index contributed by atoms with van der Waals surface area (Å²) in [6.07, 6.45) is 0. The number of aromatic nitrogens is 2. The molecule has 0 aliphatic carbocycles. The van der Waals surface area contributed by atoms with Crippen LogP contribution in [0.2, 0.25) is 0 Å². The van der Waals surface area contributed by atoms with Gasteiger partial charge in [0.25, 0.3) is 0 Å². The average Bonchev–Trinajstić information content (AvgIpc) is 2.73. The van der Waals surface area contributed by atoms with Gasteiger partial charge in [0, 0.05) is 26.1 Å². The summed E-state index contributed by atoms with van der Waals surface area (Å²) in [7, 11) is 1.64. The Bertz CT molecular complexity index is 539. The number of hydrogen-bond acceptors (Lipinski definition) is 5. The van der Waals surface area contributed by atoms with E-state index in [1.165, 1.54) is 4.68 Å². The number of rotatable bonds is 7. The first-order valence-electron chi connectivity index (χ1n) is 6.89. The molecule has 1 N–H and O–H groups in total. The highest BCUT2D eigenvalue weighted by Crippen LogP contribution is 2.35. The predicted octanol–water partition coefficient (Wildman–Crippen LogP) is 2.00. The van der Waals surface area contributed by atoms with Crippen LogP contribution in [0, 0.1) is 16.0 Å². The minimum Gasteiger partial charge on any atom is -0.481 e. The molecule has 0 amide bonds. The zero-order valence-corrected chi connectivity index (χ0v) is 13.0. The van der Waals surface area contributed by atoms with Crippen molar-refractivity contribution >= 4 is 17.5 Å². The van der Waals surface area contributed by atoms with Crippen LogP contribution in [0.15, 0.2) is 0 Å². The van der Waals surface area contributed by atoms with E-state index in [1.54, 1.807) is 18.9 Å². The van der Waals surface area contributed by atoms with Crippen molar-refractivity contribution in [3.8, 4) is 0 Å². The third kappa shape index (κ3) is 3.50. The smallest absolute Gasteiger partial charge is 0.334 e. The molecule has 0 aliphatic heterocycles. The van der Waals surface area contributed by atoms with Gasteiger partial charge in [0.1, 0.15) is 5.69 Å². The predicted molar refractivity (Wildman–Crippen MR) is 78.6 cm³/mol. The van der Waals surface area contributed by atoms with Gasteiger partial charge in [-0.15, -0.1) is 0 Å². The molecule has 0 fully saturated rings. The molecule has 1 unspecified atom stereocenters. The first-order valence-corrected chi connectivity index (χ1v) is 6.89. The number of carboxylic acid groups (broad SMARTS) is 1. The third-order valence-corrected chi connectivity index (χ3v) is 3.35. The Balaban J connectivity index is 3.32. The highest BCUT2D eigenvalue weighted by atomic mass is 16.6. The van der Waals surface area contributed by atoms with Crippen molar-refractivity contribution in [3.05, 3.63) is 15.8 Å². The van der Waals surface area contributed by atoms with Crippen molar-refractivity contribution in [3.63, 3.8) is 0 Å². The van der Waals surface area contributed by atoms with Crippen LogP contribution in [-0.2, 0) is 11.8 Å². The van der Waals surface area contributed by atoms with Crippen molar-refractivity contribution in [2.45, 2.75) is 33.6 Å². The van der Waals surface area contributed by atoms with E-state index >= 15 is 0 Å². The first-order chi connectivity index (χ1) is 9.70. The quantitative estimate of drug-likeness (QED) is 0.610. The highest BCUT2D eigenvalue weighted by molar-refractivity contribution is 5.71. The largest absolute Gasteiger partial charge is 0.481 e. The molecule has 0 aromatic carbocycles. The molecule has 1 rings (SSSR count). The average molecular weight is 298 g/mol. The Kier molecular flexibility index (Phi) is 5.28. The Morgan fingerprint density at radius 3 is 2.43 bits per heavy atom. The summed E-state index contributed by atoms with van der Waals surface area (Å²) in [5.74, 6) is -1.27. The van der Waals surface area contributed by atoms with E-state index in [0.29, 0.717) is 18.1 Å². The molecule has 0 saturated carbocycles. The lowest BCUT2D eigenvalue weighted by molar-refractivity contribution is -0.385. The minimum atomic E-state index is -0.928. The van der Waals surface area contributed by atoms with Crippen molar-refractivity contribution in [1.82, 2.24) is 9.78 Å². The minimum absolute atomic E-state index is 0.0352. The normalized spacial score (nSPS) is 12.5. The van der Waals surface area contributed by atoms with Crippen LogP contribution in [0.3, 0.4) is 0 Å². The zero-order valence-electron chi connectivity index (χ0n) is 13.0. The summed E-state index contributed by atoms with van der Waals surface area (Å²) in [6.45, 7) is 7.76. The summed E-state index contributed by atoms with van der Waals surface area (Å²) < 4.78 is 1.46. The van der Waals surface area contributed by atoms with Crippen molar-refractivity contribution in [1.29, 1.82) is 0 Å². The van der Waals surface area contributed by atoms with Gasteiger partial charge in [-0.1, -0.05) is 20.8 Å². The molecule has 0 bridgehead atoms. The van der Waals surface area contributed by atoms with Gasteiger partial charge in [-0.25, -0.2) is 4.68 Å². The van der Waals surface area contributed by atoms with Crippen LogP contribution in [0.4, 0.5) is 11.5 Å². The summed E-state index contributed by atoms with van der Waals surface area (Å²) in [5.41, 5.74) is 0.380. The van der Waals surface area contributed by atoms with Gasteiger partial charge in [0.05, 0.1) is 10.8 Å². The maximum Gasteiger partial charge on any atom is 0.334 e. The van der Waals surface area contributed by atoms with E-state index in [-0.39, 0.29) is 18.2 Å². The lowest BCUT2D eigenvalue weighted by atomic mass is 10.1. The number of carbonyl (C=O) groups is 1. The summed E-state index contributed by atoms with van der Waals surface area (Å²) in [6, 6.07) is 0. The second kappa shape index (κ2) is 6.55. The van der Waals surface area contributed by atoms with Gasteiger partial charge in [-0.3, -0.25) is 14.9 Å². The number of hydrogen-bond donors (Lipinski definition) is 1. The van der Waals surface area contributed by atoms with Crippen LogP contribution in [0.1, 0.15) is 39.3 Å². The molecule has 1 aromatic rings. The molecule has 0 aliphatic rings. The molecular weight excluding hydrogens is 276 g/mol. The summed E-state index contributed by atoms with van der Waals surface area (Å²) in [4.78, 5) is 23.7. The van der Waals surface area contributed by atoms with Crippen molar-refractivity contribution in [2.75, 3.05) is 18.0 Å². The molecule has 1 heterocycles. The molecule has 1 atom stereocenters. The van der Waals surface area contributed by atoms with E-state index in [4.69, 9.17) is 5.11 Å². The molecule has 8 nitrogen and oxygen atoms in total. The van der Waals surface area contributed by atoms with Gasteiger partial charge in [-0.2, -0.15) is 5.10 Å². The number of aliphatic carboxylic acids is 1. The van der Waals surface area contributed by atoms with E-state index in [9.17, 15) is 14.9 Å². The summed E-state index contributed by atoms with van der Waals surface area (Å²) >= 11 is 0. The van der Waals surface area contributed by atoms with Gasteiger partial charge >= 0.3 is 11.7 Å². The molecule has 8 heteroatoms. The summed E-state index contributed by atoms with van der Waals surface area (Å²) in [5, 5.41) is 24.7. The Hall–Kier alpha value is -2.12. The van der Waals surface area contributed by atoms with Crippen LogP contribution < -0.4 is 4.90 Å². The third-order valence-electron chi connectivity index (χ3n) is 3.35. The standard InChI is InChI=1S/C13H22N4O4/c1-6-16(7-9(4)13(18)19)12-11(17(20)21)10(8(2)3)14-15(12)5/h8-9H,6-7H2,1-5H3,(H,18,19). The fourth-order valence-corrected chi connectivity index (χ4v) is 2.22. The molecule has 1 aromatic heterocycles. The second-order valence-electron chi connectivity index (χ2n) is 5.37. The molecule has 118 valence electrons. The van der Waals surface area contributed by atoms with Gasteiger partial charge < -0.3 is 10.0 Å². The topological polar surface area (TPSA) is 102 Å². The molecule has 0 radical (unpaired) electrons. The van der Waals surface area contributed by atoms with Crippen LogP contribution >= 0.6 is 0 Å². The number of carboxylic acids is 1. The van der Waals surface area contributed by atoms with Crippen LogP contribution in [0.5, 0.6) is 0 Å². The number of anilines is 1. The monoisotopic (exact) mass is 298 g/mol. The fourth-order valence-electron chi connectivity index (χ4n) is 2.22. The molecular formula is C13H22N4O4. The van der Waals surface area contributed by atoms with E-state index in [1.807, 2.05) is 20.8 Å². The van der Waals surface area contributed by atoms with Gasteiger partial charge in [0.15, 0.2) is 0 Å². The van der Waals surface area contributed by atoms with E-state index in [0.717, 1.165) is 0 Å². The van der Waals surface area contributed by atoms with Gasteiger partial charge in [-0.05, 0) is 6.92 Å². The van der Waals surface area contributed by atoms with Gasteiger partial charge in [0.2, 0.25) is 5.82 Å². The first kappa shape index (κ1) is 16.9. The van der Waals surface area contributed by atoms with Crippen molar-refractivity contribution in [2.24, 2.45) is 13.0 Å². The Labute approximate surface area is 123 Å². The second-order valence-corrected chi connectivity index (χ2v) is 5.37. The molecule has 21 heavy (non-hydrogen) atoms. The maximum absolute atomic E-state index is 11.4. The SMILES string of the molecule is CCN(CC(C)C(=O)O)c1c([N+](=O)[O-])c(C(C)C)nn1C. The Morgan fingerprint density at radius 1 is 1.48 bits per heavy atom. The lowest BCUT2D eigenvalue weighted by Crippen LogP contribution is -2.33.